The third kappa shape index (κ3) is 5.18. The summed E-state index contributed by atoms with van der Waals surface area (Å²) in [6.45, 7) is 0.696. The third-order valence-electron chi connectivity index (χ3n) is 5.65. The van der Waals surface area contributed by atoms with E-state index in [9.17, 15) is 9.59 Å². The molecule has 0 bridgehead atoms. The third-order valence-corrected chi connectivity index (χ3v) is 6.50. The molecule has 8 heteroatoms. The molecule has 1 aliphatic heterocycles. The highest BCUT2D eigenvalue weighted by atomic mass is 32.2. The fourth-order valence-electron chi connectivity index (χ4n) is 4.13. The number of rotatable bonds is 8. The van der Waals surface area contributed by atoms with Crippen molar-refractivity contribution in [3.05, 3.63) is 30.1 Å². The highest BCUT2D eigenvalue weighted by Crippen LogP contribution is 2.30. The first-order chi connectivity index (χ1) is 14.2. The lowest BCUT2D eigenvalue weighted by Gasteiger charge is -2.19. The number of thioether (sulfide) groups is 1. The average molecular weight is 414 g/mol. The summed E-state index contributed by atoms with van der Waals surface area (Å²) in [5.74, 6) is 1.92. The zero-order valence-corrected chi connectivity index (χ0v) is 17.3. The second-order valence-corrected chi connectivity index (χ2v) is 8.70. The van der Waals surface area contributed by atoms with Gasteiger partial charge in [0.2, 0.25) is 17.0 Å². The van der Waals surface area contributed by atoms with E-state index in [0.717, 1.165) is 36.7 Å². The normalized spacial score (nSPS) is 17.2. The van der Waals surface area contributed by atoms with E-state index in [2.05, 4.69) is 20.5 Å². The molecule has 29 heavy (non-hydrogen) atoms. The highest BCUT2D eigenvalue weighted by molar-refractivity contribution is 7.99. The van der Waals surface area contributed by atoms with E-state index in [1.54, 1.807) is 4.90 Å². The summed E-state index contributed by atoms with van der Waals surface area (Å²) in [7, 11) is 0. The Morgan fingerprint density at radius 2 is 2.07 bits per heavy atom. The molecule has 2 fully saturated rings. The van der Waals surface area contributed by atoms with Gasteiger partial charge in [-0.1, -0.05) is 49.6 Å². The van der Waals surface area contributed by atoms with Crippen LogP contribution in [0.1, 0.15) is 50.8 Å². The molecule has 2 heterocycles. The van der Waals surface area contributed by atoms with E-state index in [1.165, 1.54) is 37.4 Å². The van der Waals surface area contributed by atoms with Crippen molar-refractivity contribution in [2.24, 2.45) is 5.92 Å². The monoisotopic (exact) mass is 413 g/mol. The van der Waals surface area contributed by atoms with Crippen LogP contribution in [0.25, 0.3) is 0 Å². The number of benzene rings is 1. The van der Waals surface area contributed by atoms with Crippen molar-refractivity contribution in [3.8, 4) is 0 Å². The maximum atomic E-state index is 12.4. The van der Waals surface area contributed by atoms with Gasteiger partial charge in [-0.2, -0.15) is 0 Å². The van der Waals surface area contributed by atoms with Crippen LogP contribution in [0.15, 0.2) is 29.4 Å². The van der Waals surface area contributed by atoms with Gasteiger partial charge in [0.1, 0.15) is 5.82 Å². The molecule has 1 aliphatic carbocycles. The maximum Gasteiger partial charge on any atom is 0.234 e. The molecule has 2 N–H and O–H groups in total. The van der Waals surface area contributed by atoms with Crippen LogP contribution in [-0.2, 0) is 16.0 Å². The molecule has 1 aromatic carbocycles. The van der Waals surface area contributed by atoms with Crippen molar-refractivity contribution in [3.63, 3.8) is 0 Å². The number of nitrogens with zero attached hydrogens (tertiary/aromatic N) is 3. The quantitative estimate of drug-likeness (QED) is 0.643. The van der Waals surface area contributed by atoms with Gasteiger partial charge >= 0.3 is 0 Å². The SMILES string of the molecule is O=C(CSc1n[nH]c(CCC2CCCC2)n1)Nc1ccccc1N1CCCC1=O. The molecule has 1 aromatic heterocycles. The first kappa shape index (κ1) is 19.9. The minimum absolute atomic E-state index is 0.104. The van der Waals surface area contributed by atoms with E-state index in [0.29, 0.717) is 23.8 Å². The Balaban J connectivity index is 1.28. The molecule has 154 valence electrons. The van der Waals surface area contributed by atoms with Crippen LogP contribution in [0.3, 0.4) is 0 Å². The lowest BCUT2D eigenvalue weighted by atomic mass is 10.0. The number of nitrogens with one attached hydrogen (secondary N) is 2. The van der Waals surface area contributed by atoms with Crippen molar-refractivity contribution >= 4 is 35.0 Å². The van der Waals surface area contributed by atoms with Gasteiger partial charge in [0.15, 0.2) is 0 Å². The van der Waals surface area contributed by atoms with Gasteiger partial charge in [0, 0.05) is 19.4 Å². The number of aromatic amines is 1. The maximum absolute atomic E-state index is 12.4. The van der Waals surface area contributed by atoms with Crippen molar-refractivity contribution < 1.29 is 9.59 Å². The Hall–Kier alpha value is -2.35. The summed E-state index contributed by atoms with van der Waals surface area (Å²) in [5, 5.41) is 10.8. The molecule has 0 spiro atoms. The van der Waals surface area contributed by atoms with Crippen molar-refractivity contribution in [1.29, 1.82) is 0 Å². The Kier molecular flexibility index (Phi) is 6.49. The molecule has 0 atom stereocenters. The second kappa shape index (κ2) is 9.43. The molecule has 2 amide bonds. The number of carbonyl (C=O) groups excluding carboxylic acids is 2. The van der Waals surface area contributed by atoms with Gasteiger partial charge < -0.3 is 10.2 Å². The van der Waals surface area contributed by atoms with E-state index < -0.39 is 0 Å². The van der Waals surface area contributed by atoms with Crippen LogP contribution in [0, 0.1) is 5.92 Å². The fourth-order valence-corrected chi connectivity index (χ4v) is 4.75. The number of hydrogen-bond donors (Lipinski definition) is 2. The number of H-pyrrole nitrogens is 1. The van der Waals surface area contributed by atoms with E-state index >= 15 is 0 Å². The fraction of sp³-hybridized carbons (Fsp3) is 0.524. The number of anilines is 2. The minimum atomic E-state index is -0.133. The van der Waals surface area contributed by atoms with Gasteiger partial charge in [-0.3, -0.25) is 14.7 Å². The zero-order chi connectivity index (χ0) is 20.1. The van der Waals surface area contributed by atoms with Crippen LogP contribution >= 0.6 is 11.8 Å². The standard InChI is InChI=1S/C21H27N5O2S/c27-19(22-16-8-3-4-9-17(16)26-13-5-10-20(26)28)14-29-21-23-18(24-25-21)12-11-15-6-1-2-7-15/h3-4,8-9,15H,1-2,5-7,10-14H2,(H,22,27)(H,23,24,25). The molecule has 1 saturated heterocycles. The lowest BCUT2D eigenvalue weighted by Crippen LogP contribution is -2.26. The van der Waals surface area contributed by atoms with Crippen molar-refractivity contribution in [2.45, 2.75) is 56.5 Å². The predicted octanol–water partition coefficient (Wildman–Crippen LogP) is 3.79. The Bertz CT molecular complexity index is 862. The molecule has 0 radical (unpaired) electrons. The predicted molar refractivity (Wildman–Crippen MR) is 114 cm³/mol. The number of hydrogen-bond acceptors (Lipinski definition) is 5. The first-order valence-corrected chi connectivity index (χ1v) is 11.4. The lowest BCUT2D eigenvalue weighted by molar-refractivity contribution is -0.117. The number of para-hydroxylation sites is 2. The number of amides is 2. The summed E-state index contributed by atoms with van der Waals surface area (Å²) in [4.78, 5) is 30.7. The van der Waals surface area contributed by atoms with Crippen LogP contribution in [0.4, 0.5) is 11.4 Å². The summed E-state index contributed by atoms with van der Waals surface area (Å²) in [6, 6.07) is 7.44. The Morgan fingerprint density at radius 1 is 1.24 bits per heavy atom. The summed E-state index contributed by atoms with van der Waals surface area (Å²) < 4.78 is 0. The van der Waals surface area contributed by atoms with Gasteiger partial charge in [-0.25, -0.2) is 4.98 Å². The number of carbonyl (C=O) groups is 2. The average Bonchev–Trinajstić information content (AvgIpc) is 3.48. The number of aryl methyl sites for hydroxylation is 1. The van der Waals surface area contributed by atoms with Crippen molar-refractivity contribution in [1.82, 2.24) is 15.2 Å². The van der Waals surface area contributed by atoms with E-state index in [4.69, 9.17) is 0 Å². The molecular formula is C21H27N5O2S. The highest BCUT2D eigenvalue weighted by Gasteiger charge is 2.24. The second-order valence-electron chi connectivity index (χ2n) is 7.76. The topological polar surface area (TPSA) is 91.0 Å². The van der Waals surface area contributed by atoms with E-state index in [-0.39, 0.29) is 17.6 Å². The molecule has 1 saturated carbocycles. The van der Waals surface area contributed by atoms with Crippen LogP contribution in [0.5, 0.6) is 0 Å². The Morgan fingerprint density at radius 3 is 2.86 bits per heavy atom. The summed E-state index contributed by atoms with van der Waals surface area (Å²) in [6.07, 6.45) is 8.86. The number of aromatic nitrogens is 3. The molecule has 7 nitrogen and oxygen atoms in total. The van der Waals surface area contributed by atoms with Crippen molar-refractivity contribution in [2.75, 3.05) is 22.5 Å². The first-order valence-electron chi connectivity index (χ1n) is 10.4. The summed E-state index contributed by atoms with van der Waals surface area (Å²) >= 11 is 1.32. The minimum Gasteiger partial charge on any atom is -0.324 e. The van der Waals surface area contributed by atoms with Gasteiger partial charge in [0.05, 0.1) is 17.1 Å². The van der Waals surface area contributed by atoms with Gasteiger partial charge in [0.25, 0.3) is 0 Å². The largest absolute Gasteiger partial charge is 0.324 e. The van der Waals surface area contributed by atoms with Crippen LogP contribution in [0.2, 0.25) is 0 Å². The van der Waals surface area contributed by atoms with Crippen LogP contribution < -0.4 is 10.2 Å². The molecule has 0 unspecified atom stereocenters. The van der Waals surface area contributed by atoms with Gasteiger partial charge in [-0.05, 0) is 30.9 Å². The van der Waals surface area contributed by atoms with Gasteiger partial charge in [-0.15, -0.1) is 5.10 Å². The van der Waals surface area contributed by atoms with E-state index in [1.807, 2.05) is 24.3 Å². The molecule has 2 aliphatic rings. The molecule has 2 aromatic rings. The molecule has 4 rings (SSSR count). The smallest absolute Gasteiger partial charge is 0.234 e. The van der Waals surface area contributed by atoms with Crippen LogP contribution in [-0.4, -0.2) is 39.3 Å². The summed E-state index contributed by atoms with van der Waals surface area (Å²) in [5.41, 5.74) is 1.43. The Labute approximate surface area is 175 Å². The molecular weight excluding hydrogens is 386 g/mol. The zero-order valence-electron chi connectivity index (χ0n) is 16.5.